The number of anilines is 1. The molecule has 1 unspecified atom stereocenters. The van der Waals surface area contributed by atoms with E-state index in [1.807, 2.05) is 32.0 Å². The number of phenols is 1. The molecule has 0 bridgehead atoms. The van der Waals surface area contributed by atoms with Crippen LogP contribution in [0.5, 0.6) is 5.75 Å². The van der Waals surface area contributed by atoms with Gasteiger partial charge in [-0.2, -0.15) is 0 Å². The van der Waals surface area contributed by atoms with Crippen molar-refractivity contribution in [3.05, 3.63) is 101 Å². The molecule has 2 N–H and O–H groups in total. The number of benzene rings is 3. The van der Waals surface area contributed by atoms with E-state index in [9.17, 15) is 19.8 Å². The maximum atomic E-state index is 13.1. The van der Waals surface area contributed by atoms with Crippen molar-refractivity contribution < 1.29 is 19.8 Å². The monoisotopic (exact) mass is 399 g/mol. The molecule has 0 aromatic heterocycles. The van der Waals surface area contributed by atoms with Crippen molar-refractivity contribution in [1.82, 2.24) is 0 Å². The van der Waals surface area contributed by atoms with E-state index in [1.165, 1.54) is 17.0 Å². The van der Waals surface area contributed by atoms with Gasteiger partial charge in [0.1, 0.15) is 11.5 Å². The van der Waals surface area contributed by atoms with E-state index >= 15 is 0 Å². The van der Waals surface area contributed by atoms with Crippen LogP contribution in [0, 0.1) is 13.8 Å². The van der Waals surface area contributed by atoms with Crippen molar-refractivity contribution in [2.45, 2.75) is 19.9 Å². The number of aromatic hydroxyl groups is 1. The van der Waals surface area contributed by atoms with Gasteiger partial charge in [0, 0.05) is 11.3 Å². The number of Topliss-reactive ketones (excluding diaryl/α,β-unsaturated/α-hetero) is 1. The predicted molar refractivity (Wildman–Crippen MR) is 115 cm³/mol. The van der Waals surface area contributed by atoms with Crippen LogP contribution in [0.1, 0.15) is 28.3 Å². The van der Waals surface area contributed by atoms with Gasteiger partial charge in [0.15, 0.2) is 0 Å². The molecule has 0 aliphatic carbocycles. The topological polar surface area (TPSA) is 77.8 Å². The molecule has 0 radical (unpaired) electrons. The number of aliphatic hydroxyl groups is 1. The summed E-state index contributed by atoms with van der Waals surface area (Å²) in [6, 6.07) is 20.0. The van der Waals surface area contributed by atoms with Crippen LogP contribution in [0.2, 0.25) is 0 Å². The fraction of sp³-hybridized carbons (Fsp3) is 0.120. The van der Waals surface area contributed by atoms with Crippen molar-refractivity contribution in [2.24, 2.45) is 0 Å². The second-order valence-electron chi connectivity index (χ2n) is 7.41. The number of aliphatic hydroxyl groups excluding tert-OH is 1. The summed E-state index contributed by atoms with van der Waals surface area (Å²) in [5.74, 6) is -1.57. The Hall–Kier alpha value is -3.86. The first kappa shape index (κ1) is 19.5. The molecular formula is C25H21NO4. The average Bonchev–Trinajstić information content (AvgIpc) is 3.01. The maximum Gasteiger partial charge on any atom is 0.300 e. The van der Waals surface area contributed by atoms with Crippen LogP contribution >= 0.6 is 0 Å². The van der Waals surface area contributed by atoms with E-state index < -0.39 is 17.7 Å². The molecule has 30 heavy (non-hydrogen) atoms. The molecular weight excluding hydrogens is 378 g/mol. The number of hydrogen-bond donors (Lipinski definition) is 2. The van der Waals surface area contributed by atoms with E-state index in [2.05, 4.69) is 0 Å². The van der Waals surface area contributed by atoms with Crippen LogP contribution in [0.3, 0.4) is 0 Å². The van der Waals surface area contributed by atoms with Gasteiger partial charge in [-0.1, -0.05) is 48.0 Å². The molecule has 5 heteroatoms. The summed E-state index contributed by atoms with van der Waals surface area (Å²) in [5, 5.41) is 20.9. The number of nitrogens with zero attached hydrogens (tertiary/aromatic N) is 1. The Labute approximate surface area is 174 Å². The second-order valence-corrected chi connectivity index (χ2v) is 7.41. The molecule has 1 atom stereocenters. The molecule has 1 aliphatic rings. The molecule has 3 aromatic rings. The fourth-order valence-electron chi connectivity index (χ4n) is 3.80. The molecule has 5 nitrogen and oxygen atoms in total. The molecule has 1 saturated heterocycles. The van der Waals surface area contributed by atoms with Crippen molar-refractivity contribution in [3.8, 4) is 5.75 Å². The highest BCUT2D eigenvalue weighted by atomic mass is 16.3. The lowest BCUT2D eigenvalue weighted by Crippen LogP contribution is -2.29. The van der Waals surface area contributed by atoms with Gasteiger partial charge in [0.2, 0.25) is 0 Å². The van der Waals surface area contributed by atoms with E-state index in [-0.39, 0.29) is 17.1 Å². The van der Waals surface area contributed by atoms with E-state index in [0.717, 1.165) is 11.1 Å². The van der Waals surface area contributed by atoms with Crippen LogP contribution in [-0.2, 0) is 9.59 Å². The number of para-hydroxylation sites is 1. The predicted octanol–water partition coefficient (Wildman–Crippen LogP) is 4.64. The Morgan fingerprint density at radius 2 is 1.57 bits per heavy atom. The third-order valence-electron chi connectivity index (χ3n) is 5.34. The molecule has 150 valence electrons. The zero-order valence-electron chi connectivity index (χ0n) is 16.7. The van der Waals surface area contributed by atoms with Crippen LogP contribution in [0.15, 0.2) is 78.4 Å². The number of carbonyl (C=O) groups is 2. The summed E-state index contributed by atoms with van der Waals surface area (Å²) in [5.41, 5.74) is 3.45. The van der Waals surface area contributed by atoms with Gasteiger partial charge in [0.05, 0.1) is 11.6 Å². The number of phenolic OH excluding ortho intramolecular Hbond substituents is 1. The van der Waals surface area contributed by atoms with Crippen molar-refractivity contribution in [2.75, 3.05) is 4.90 Å². The largest absolute Gasteiger partial charge is 0.508 e. The number of ketones is 1. The minimum atomic E-state index is -0.812. The molecule has 3 aromatic carbocycles. The minimum absolute atomic E-state index is 0.0308. The lowest BCUT2D eigenvalue weighted by molar-refractivity contribution is -0.132. The Morgan fingerprint density at radius 1 is 0.900 bits per heavy atom. The number of amides is 1. The molecule has 1 heterocycles. The summed E-state index contributed by atoms with van der Waals surface area (Å²) in [6.07, 6.45) is 0. The summed E-state index contributed by atoms with van der Waals surface area (Å²) in [4.78, 5) is 27.5. The summed E-state index contributed by atoms with van der Waals surface area (Å²) in [6.45, 7) is 3.74. The summed E-state index contributed by atoms with van der Waals surface area (Å²) < 4.78 is 0. The number of rotatable bonds is 3. The smallest absolute Gasteiger partial charge is 0.300 e. The Bertz CT molecular complexity index is 1160. The molecule has 0 spiro atoms. The van der Waals surface area contributed by atoms with Crippen molar-refractivity contribution >= 4 is 23.1 Å². The highest BCUT2D eigenvalue weighted by Gasteiger charge is 2.47. The first-order valence-electron chi connectivity index (χ1n) is 9.61. The van der Waals surface area contributed by atoms with Crippen LogP contribution in [0.4, 0.5) is 5.69 Å². The quantitative estimate of drug-likeness (QED) is 0.382. The molecule has 1 aliphatic heterocycles. The van der Waals surface area contributed by atoms with Gasteiger partial charge in [-0.25, -0.2) is 0 Å². The first-order chi connectivity index (χ1) is 14.4. The molecule has 1 amide bonds. The number of aryl methyl sites for hydroxylation is 2. The first-order valence-corrected chi connectivity index (χ1v) is 9.61. The minimum Gasteiger partial charge on any atom is -0.508 e. The number of hydrogen-bond acceptors (Lipinski definition) is 4. The SMILES string of the molecule is Cc1ccc(C)c(/C(O)=C2\C(=O)C(=O)N(c3ccccc3)C2c2ccc(O)cc2)c1. The van der Waals surface area contributed by atoms with Gasteiger partial charge in [0.25, 0.3) is 11.7 Å². The number of carbonyl (C=O) groups excluding carboxylic acids is 2. The van der Waals surface area contributed by atoms with Gasteiger partial charge < -0.3 is 10.2 Å². The van der Waals surface area contributed by atoms with Gasteiger partial charge in [-0.3, -0.25) is 14.5 Å². The standard InChI is InChI=1S/C25H21NO4/c1-15-8-9-16(2)20(14-15)23(28)21-22(17-10-12-19(27)13-11-17)26(25(30)24(21)29)18-6-4-3-5-7-18/h3-14,22,27-28H,1-2H3/b23-21+. The maximum absolute atomic E-state index is 13.1. The Morgan fingerprint density at radius 3 is 2.23 bits per heavy atom. The van der Waals surface area contributed by atoms with Crippen LogP contribution in [-0.4, -0.2) is 21.9 Å². The Balaban J connectivity index is 1.98. The highest BCUT2D eigenvalue weighted by Crippen LogP contribution is 2.42. The zero-order valence-corrected chi connectivity index (χ0v) is 16.7. The van der Waals surface area contributed by atoms with Gasteiger partial charge in [-0.05, 0) is 55.3 Å². The fourth-order valence-corrected chi connectivity index (χ4v) is 3.80. The van der Waals surface area contributed by atoms with E-state index in [1.54, 1.807) is 42.5 Å². The molecule has 1 fully saturated rings. The van der Waals surface area contributed by atoms with Crippen LogP contribution < -0.4 is 4.90 Å². The van der Waals surface area contributed by atoms with E-state index in [0.29, 0.717) is 16.8 Å². The third-order valence-corrected chi connectivity index (χ3v) is 5.34. The molecule has 4 rings (SSSR count). The van der Waals surface area contributed by atoms with Gasteiger partial charge in [-0.15, -0.1) is 0 Å². The normalized spacial score (nSPS) is 18.1. The third kappa shape index (κ3) is 3.24. The van der Waals surface area contributed by atoms with Crippen LogP contribution in [0.25, 0.3) is 5.76 Å². The summed E-state index contributed by atoms with van der Waals surface area (Å²) >= 11 is 0. The highest BCUT2D eigenvalue weighted by molar-refractivity contribution is 6.51. The van der Waals surface area contributed by atoms with Crippen molar-refractivity contribution in [1.29, 1.82) is 0 Å². The molecule has 0 saturated carbocycles. The average molecular weight is 399 g/mol. The van der Waals surface area contributed by atoms with Gasteiger partial charge >= 0.3 is 0 Å². The van der Waals surface area contributed by atoms with E-state index in [4.69, 9.17) is 0 Å². The second kappa shape index (κ2) is 7.52. The summed E-state index contributed by atoms with van der Waals surface area (Å²) in [7, 11) is 0. The zero-order chi connectivity index (χ0) is 21.4. The lowest BCUT2D eigenvalue weighted by Gasteiger charge is -2.25. The Kier molecular flexibility index (Phi) is 4.88. The van der Waals surface area contributed by atoms with Crippen molar-refractivity contribution in [3.63, 3.8) is 0 Å². The lowest BCUT2D eigenvalue weighted by atomic mass is 9.93.